The van der Waals surface area contributed by atoms with Crippen molar-refractivity contribution >= 4 is 5.91 Å². The highest BCUT2D eigenvalue weighted by atomic mass is 16.5. The van der Waals surface area contributed by atoms with Gasteiger partial charge < -0.3 is 14.6 Å². The number of hydrogen-bond acceptors (Lipinski definition) is 5. The molecular formula is C23H22N4O3. The van der Waals surface area contributed by atoms with Crippen molar-refractivity contribution in [2.24, 2.45) is 0 Å². The number of carbonyl (C=O) groups is 1. The van der Waals surface area contributed by atoms with Crippen LogP contribution in [-0.2, 0) is 6.54 Å². The molecule has 0 saturated carbocycles. The normalized spacial score (nSPS) is 10.8. The fraction of sp³-hybridized carbons (Fsp3) is 0.174. The fourth-order valence-electron chi connectivity index (χ4n) is 3.12. The predicted molar refractivity (Wildman–Crippen MR) is 113 cm³/mol. The van der Waals surface area contributed by atoms with Crippen LogP contribution < -0.4 is 10.1 Å². The number of carbonyl (C=O) groups excluding carboxylic acids is 1. The smallest absolute Gasteiger partial charge is 0.255 e. The lowest BCUT2D eigenvalue weighted by molar-refractivity contribution is 0.0947. The average molecular weight is 402 g/mol. The minimum Gasteiger partial charge on any atom is -0.497 e. The highest BCUT2D eigenvalue weighted by molar-refractivity contribution is 6.00. The first-order chi connectivity index (χ1) is 14.5. The average Bonchev–Trinajstić information content (AvgIpc) is 3.39. The molecule has 0 atom stereocenters. The van der Waals surface area contributed by atoms with Crippen LogP contribution in [0.1, 0.15) is 27.4 Å². The van der Waals surface area contributed by atoms with Crippen molar-refractivity contribution in [2.75, 3.05) is 7.11 Å². The van der Waals surface area contributed by atoms with E-state index in [0.717, 1.165) is 22.5 Å². The topological polar surface area (TPSA) is 82.2 Å². The van der Waals surface area contributed by atoms with E-state index in [4.69, 9.17) is 14.4 Å². The van der Waals surface area contributed by atoms with E-state index >= 15 is 0 Å². The number of nitrogens with zero attached hydrogens (tertiary/aromatic N) is 3. The molecule has 0 saturated heterocycles. The third-order valence-corrected chi connectivity index (χ3v) is 4.70. The van der Waals surface area contributed by atoms with E-state index in [9.17, 15) is 4.79 Å². The summed E-state index contributed by atoms with van der Waals surface area (Å²) in [7, 11) is 1.61. The Bertz CT molecular complexity index is 1180. The van der Waals surface area contributed by atoms with Crippen LogP contribution in [-0.4, -0.2) is 28.0 Å². The molecule has 0 radical (unpaired) electrons. The molecular weight excluding hydrogens is 380 g/mol. The number of rotatable bonds is 6. The summed E-state index contributed by atoms with van der Waals surface area (Å²) < 4.78 is 12.2. The first kappa shape index (κ1) is 19.4. The Morgan fingerprint density at radius 3 is 2.63 bits per heavy atom. The standard InChI is InChI=1S/C23H22N4O3/c1-15-7-9-18(10-8-15)27-14-21(23(28)24-13-20-11-16(2)26-30-20)22(25-27)17-5-4-6-19(12-17)29-3/h4-12,14H,13H2,1-3H3,(H,24,28). The Hall–Kier alpha value is -3.87. The molecule has 0 unspecified atom stereocenters. The summed E-state index contributed by atoms with van der Waals surface area (Å²) in [6, 6.07) is 17.2. The molecule has 7 heteroatoms. The van der Waals surface area contributed by atoms with E-state index in [-0.39, 0.29) is 12.5 Å². The van der Waals surface area contributed by atoms with Gasteiger partial charge in [0, 0.05) is 17.8 Å². The lowest BCUT2D eigenvalue weighted by atomic mass is 10.1. The number of ether oxygens (including phenoxy) is 1. The minimum absolute atomic E-state index is 0.243. The second-order valence-corrected chi connectivity index (χ2v) is 7.02. The van der Waals surface area contributed by atoms with Gasteiger partial charge in [-0.2, -0.15) is 5.10 Å². The molecule has 2 heterocycles. The van der Waals surface area contributed by atoms with E-state index in [2.05, 4.69) is 10.5 Å². The summed E-state index contributed by atoms with van der Waals surface area (Å²) >= 11 is 0. The summed E-state index contributed by atoms with van der Waals surface area (Å²) in [5.74, 6) is 1.04. The van der Waals surface area contributed by atoms with Gasteiger partial charge in [0.1, 0.15) is 11.4 Å². The summed E-state index contributed by atoms with van der Waals surface area (Å²) in [5, 5.41) is 11.4. The summed E-state index contributed by atoms with van der Waals surface area (Å²) in [6.07, 6.45) is 1.74. The van der Waals surface area contributed by atoms with Crippen molar-refractivity contribution in [1.82, 2.24) is 20.3 Å². The van der Waals surface area contributed by atoms with Crippen LogP contribution in [0.5, 0.6) is 5.75 Å². The number of benzene rings is 2. The monoisotopic (exact) mass is 402 g/mol. The molecule has 2 aromatic heterocycles. The molecule has 152 valence electrons. The first-order valence-electron chi connectivity index (χ1n) is 9.55. The first-order valence-corrected chi connectivity index (χ1v) is 9.55. The molecule has 0 aliphatic carbocycles. The van der Waals surface area contributed by atoms with Gasteiger partial charge in [0.05, 0.1) is 30.6 Å². The quantitative estimate of drug-likeness (QED) is 0.525. The Morgan fingerprint density at radius 1 is 1.13 bits per heavy atom. The maximum atomic E-state index is 13.0. The highest BCUT2D eigenvalue weighted by Crippen LogP contribution is 2.27. The Balaban J connectivity index is 1.70. The third kappa shape index (κ3) is 4.10. The molecule has 0 fully saturated rings. The largest absolute Gasteiger partial charge is 0.497 e. The SMILES string of the molecule is COc1cccc(-c2nn(-c3ccc(C)cc3)cc2C(=O)NCc2cc(C)no2)c1. The van der Waals surface area contributed by atoms with Crippen LogP contribution in [0.25, 0.3) is 16.9 Å². The van der Waals surface area contributed by atoms with Gasteiger partial charge in [0.15, 0.2) is 5.76 Å². The van der Waals surface area contributed by atoms with Crippen molar-refractivity contribution in [3.63, 3.8) is 0 Å². The van der Waals surface area contributed by atoms with Gasteiger partial charge in [0.2, 0.25) is 0 Å². The van der Waals surface area contributed by atoms with E-state index in [1.165, 1.54) is 0 Å². The Labute approximate surface area is 174 Å². The van der Waals surface area contributed by atoms with Gasteiger partial charge in [-0.05, 0) is 38.1 Å². The Kier molecular flexibility index (Phi) is 5.34. The van der Waals surface area contributed by atoms with Gasteiger partial charge >= 0.3 is 0 Å². The zero-order chi connectivity index (χ0) is 21.1. The molecule has 4 aromatic rings. The van der Waals surface area contributed by atoms with Crippen LogP contribution >= 0.6 is 0 Å². The number of methoxy groups -OCH3 is 1. The van der Waals surface area contributed by atoms with Crippen LogP contribution in [0.3, 0.4) is 0 Å². The highest BCUT2D eigenvalue weighted by Gasteiger charge is 2.19. The van der Waals surface area contributed by atoms with Gasteiger partial charge in [0.25, 0.3) is 5.91 Å². The van der Waals surface area contributed by atoms with Crippen LogP contribution in [0.2, 0.25) is 0 Å². The van der Waals surface area contributed by atoms with E-state index in [0.29, 0.717) is 22.8 Å². The van der Waals surface area contributed by atoms with E-state index in [1.807, 2.05) is 62.4 Å². The predicted octanol–water partition coefficient (Wildman–Crippen LogP) is 4.08. The van der Waals surface area contributed by atoms with Gasteiger partial charge in [-0.15, -0.1) is 0 Å². The summed E-state index contributed by atoms with van der Waals surface area (Å²) in [4.78, 5) is 13.0. The van der Waals surface area contributed by atoms with Gasteiger partial charge in [-0.3, -0.25) is 4.79 Å². The fourth-order valence-corrected chi connectivity index (χ4v) is 3.12. The molecule has 0 bridgehead atoms. The summed E-state index contributed by atoms with van der Waals surface area (Å²) in [6.45, 7) is 4.10. The molecule has 7 nitrogen and oxygen atoms in total. The molecule has 2 aromatic carbocycles. The van der Waals surface area contributed by atoms with Crippen LogP contribution in [0.15, 0.2) is 65.3 Å². The number of amides is 1. The number of aromatic nitrogens is 3. The lowest BCUT2D eigenvalue weighted by Crippen LogP contribution is -2.22. The molecule has 30 heavy (non-hydrogen) atoms. The summed E-state index contributed by atoms with van der Waals surface area (Å²) in [5.41, 5.74) is 4.61. The lowest BCUT2D eigenvalue weighted by Gasteiger charge is -2.05. The Morgan fingerprint density at radius 2 is 1.93 bits per heavy atom. The van der Waals surface area contributed by atoms with Crippen molar-refractivity contribution < 1.29 is 14.1 Å². The molecule has 1 N–H and O–H groups in total. The molecule has 1 amide bonds. The van der Waals surface area contributed by atoms with Crippen molar-refractivity contribution in [2.45, 2.75) is 20.4 Å². The van der Waals surface area contributed by atoms with Crippen molar-refractivity contribution in [1.29, 1.82) is 0 Å². The molecule has 0 spiro atoms. The second kappa shape index (κ2) is 8.24. The van der Waals surface area contributed by atoms with Gasteiger partial charge in [-0.1, -0.05) is 35.0 Å². The second-order valence-electron chi connectivity index (χ2n) is 7.02. The van der Waals surface area contributed by atoms with Crippen molar-refractivity contribution in [3.8, 4) is 22.7 Å². The molecule has 0 aliphatic rings. The zero-order valence-electron chi connectivity index (χ0n) is 17.0. The van der Waals surface area contributed by atoms with Crippen LogP contribution in [0.4, 0.5) is 0 Å². The molecule has 4 rings (SSSR count). The number of aryl methyl sites for hydroxylation is 2. The maximum absolute atomic E-state index is 13.0. The van der Waals surface area contributed by atoms with Crippen LogP contribution in [0, 0.1) is 13.8 Å². The van der Waals surface area contributed by atoms with E-state index in [1.54, 1.807) is 24.1 Å². The molecule has 0 aliphatic heterocycles. The minimum atomic E-state index is -0.250. The van der Waals surface area contributed by atoms with E-state index < -0.39 is 0 Å². The van der Waals surface area contributed by atoms with Gasteiger partial charge in [-0.25, -0.2) is 4.68 Å². The zero-order valence-corrected chi connectivity index (χ0v) is 17.0. The number of hydrogen-bond donors (Lipinski definition) is 1. The van der Waals surface area contributed by atoms with Crippen molar-refractivity contribution in [3.05, 3.63) is 83.4 Å². The third-order valence-electron chi connectivity index (χ3n) is 4.70. The number of nitrogens with one attached hydrogen (secondary N) is 1. The maximum Gasteiger partial charge on any atom is 0.255 e.